The van der Waals surface area contributed by atoms with Crippen molar-refractivity contribution < 1.29 is 19.4 Å². The molecule has 1 N–H and O–H groups in total. The van der Waals surface area contributed by atoms with E-state index >= 15 is 0 Å². The number of carbonyl (C=O) groups is 2. The molecule has 1 aliphatic heterocycles. The third-order valence-electron chi connectivity index (χ3n) is 3.29. The number of amides is 1. The molecule has 1 heterocycles. The van der Waals surface area contributed by atoms with Crippen molar-refractivity contribution >= 4 is 23.5 Å². The Bertz CT molecular complexity index is 482. The van der Waals surface area contributed by atoms with Gasteiger partial charge in [0.05, 0.1) is 0 Å². The van der Waals surface area contributed by atoms with E-state index in [4.69, 9.17) is 21.4 Å². The van der Waals surface area contributed by atoms with Crippen LogP contribution < -0.4 is 0 Å². The lowest BCUT2D eigenvalue weighted by atomic mass is 10.1. The van der Waals surface area contributed by atoms with Crippen LogP contribution in [0.2, 0.25) is 5.02 Å². The number of carboxylic acids is 1. The van der Waals surface area contributed by atoms with Gasteiger partial charge in [-0.3, -0.25) is 9.59 Å². The van der Waals surface area contributed by atoms with Crippen LogP contribution in [0.25, 0.3) is 0 Å². The van der Waals surface area contributed by atoms with Crippen molar-refractivity contribution in [1.82, 2.24) is 4.90 Å². The van der Waals surface area contributed by atoms with E-state index in [1.807, 2.05) is 0 Å². The highest BCUT2D eigenvalue weighted by molar-refractivity contribution is 6.30. The molecule has 108 valence electrons. The largest absolute Gasteiger partial charge is 0.480 e. The van der Waals surface area contributed by atoms with Gasteiger partial charge in [0.25, 0.3) is 5.91 Å². The van der Waals surface area contributed by atoms with Crippen LogP contribution >= 0.6 is 11.6 Å². The maximum absolute atomic E-state index is 12.5. The molecule has 1 amide bonds. The lowest BCUT2D eigenvalue weighted by molar-refractivity contribution is -0.138. The highest BCUT2D eigenvalue weighted by Gasteiger charge is 2.28. The number of halogens is 1. The summed E-state index contributed by atoms with van der Waals surface area (Å²) in [5.74, 6) is -1.30. The van der Waals surface area contributed by atoms with Gasteiger partial charge in [0.1, 0.15) is 6.54 Å². The van der Waals surface area contributed by atoms with E-state index in [2.05, 4.69) is 0 Å². The Balaban J connectivity index is 2.18. The number of nitrogens with zero attached hydrogens (tertiary/aromatic N) is 1. The fourth-order valence-corrected chi connectivity index (χ4v) is 2.39. The molecule has 0 saturated carbocycles. The molecule has 0 bridgehead atoms. The molecule has 1 saturated heterocycles. The SMILES string of the molecule is O=C(O)CN(C(=O)c1ccc(Cl)cc1)C1CCOCC1. The number of carbonyl (C=O) groups excluding carboxylic acids is 1. The molecule has 0 atom stereocenters. The van der Waals surface area contributed by atoms with Crippen molar-refractivity contribution in [2.45, 2.75) is 18.9 Å². The second-order valence-corrected chi connectivity index (χ2v) is 5.11. The molecule has 5 nitrogen and oxygen atoms in total. The summed E-state index contributed by atoms with van der Waals surface area (Å²) in [6.07, 6.45) is 1.32. The summed E-state index contributed by atoms with van der Waals surface area (Å²) in [5, 5.41) is 9.55. The zero-order chi connectivity index (χ0) is 14.5. The fourth-order valence-electron chi connectivity index (χ4n) is 2.27. The summed E-state index contributed by atoms with van der Waals surface area (Å²) in [6, 6.07) is 6.37. The smallest absolute Gasteiger partial charge is 0.323 e. The second-order valence-electron chi connectivity index (χ2n) is 4.68. The molecule has 1 aliphatic rings. The van der Waals surface area contributed by atoms with Crippen molar-refractivity contribution in [3.8, 4) is 0 Å². The van der Waals surface area contributed by atoms with Gasteiger partial charge >= 0.3 is 5.97 Å². The first-order valence-electron chi connectivity index (χ1n) is 6.44. The topological polar surface area (TPSA) is 66.8 Å². The molecule has 2 rings (SSSR count). The molecule has 0 spiro atoms. The molecule has 0 aliphatic carbocycles. The number of carboxylic acid groups (broad SMARTS) is 1. The van der Waals surface area contributed by atoms with E-state index in [0.717, 1.165) is 0 Å². The summed E-state index contributed by atoms with van der Waals surface area (Å²) < 4.78 is 5.25. The van der Waals surface area contributed by atoms with Crippen molar-refractivity contribution in [3.63, 3.8) is 0 Å². The van der Waals surface area contributed by atoms with Crippen LogP contribution in [-0.2, 0) is 9.53 Å². The highest BCUT2D eigenvalue weighted by atomic mass is 35.5. The van der Waals surface area contributed by atoms with E-state index in [-0.39, 0.29) is 18.5 Å². The van der Waals surface area contributed by atoms with Crippen molar-refractivity contribution in [1.29, 1.82) is 0 Å². The van der Waals surface area contributed by atoms with Gasteiger partial charge in [-0.15, -0.1) is 0 Å². The monoisotopic (exact) mass is 297 g/mol. The Labute approximate surface area is 122 Å². The number of hydrogen-bond donors (Lipinski definition) is 1. The molecule has 20 heavy (non-hydrogen) atoms. The third-order valence-corrected chi connectivity index (χ3v) is 3.54. The summed E-state index contributed by atoms with van der Waals surface area (Å²) in [7, 11) is 0. The predicted molar refractivity (Wildman–Crippen MR) is 74.0 cm³/mol. The Kier molecular flexibility index (Phi) is 4.98. The second kappa shape index (κ2) is 6.72. The first-order valence-corrected chi connectivity index (χ1v) is 6.82. The number of aliphatic carboxylic acids is 1. The normalized spacial score (nSPS) is 15.8. The molecule has 0 unspecified atom stereocenters. The third kappa shape index (κ3) is 3.71. The van der Waals surface area contributed by atoms with Crippen LogP contribution in [0, 0.1) is 0 Å². The van der Waals surface area contributed by atoms with E-state index in [0.29, 0.717) is 36.6 Å². The number of benzene rings is 1. The molecule has 6 heteroatoms. The first-order chi connectivity index (χ1) is 9.58. The molecular weight excluding hydrogens is 282 g/mol. The Hall–Kier alpha value is -1.59. The predicted octanol–water partition coefficient (Wildman–Crippen LogP) is 2.05. The van der Waals surface area contributed by atoms with Crippen molar-refractivity contribution in [3.05, 3.63) is 34.9 Å². The number of rotatable bonds is 4. The maximum Gasteiger partial charge on any atom is 0.323 e. The minimum absolute atomic E-state index is 0.0944. The van der Waals surface area contributed by atoms with E-state index in [9.17, 15) is 9.59 Å². The molecule has 1 fully saturated rings. The zero-order valence-electron chi connectivity index (χ0n) is 10.9. The van der Waals surface area contributed by atoms with E-state index < -0.39 is 5.97 Å². The molecule has 1 aromatic carbocycles. The fraction of sp³-hybridized carbons (Fsp3) is 0.429. The number of ether oxygens (including phenoxy) is 1. The van der Waals surface area contributed by atoms with Crippen molar-refractivity contribution in [2.24, 2.45) is 0 Å². The highest BCUT2D eigenvalue weighted by Crippen LogP contribution is 2.18. The summed E-state index contributed by atoms with van der Waals surface area (Å²) in [5.41, 5.74) is 0.446. The van der Waals surface area contributed by atoms with Gasteiger partial charge in [-0.2, -0.15) is 0 Å². The van der Waals surface area contributed by atoms with Gasteiger partial charge in [0.2, 0.25) is 0 Å². The van der Waals surface area contributed by atoms with Crippen LogP contribution in [0.15, 0.2) is 24.3 Å². The van der Waals surface area contributed by atoms with Crippen LogP contribution in [0.4, 0.5) is 0 Å². The van der Waals surface area contributed by atoms with E-state index in [1.54, 1.807) is 24.3 Å². The maximum atomic E-state index is 12.5. The Morgan fingerprint density at radius 1 is 1.25 bits per heavy atom. The quantitative estimate of drug-likeness (QED) is 0.923. The van der Waals surface area contributed by atoms with Crippen molar-refractivity contribution in [2.75, 3.05) is 19.8 Å². The van der Waals surface area contributed by atoms with Crippen LogP contribution in [0.5, 0.6) is 0 Å². The minimum Gasteiger partial charge on any atom is -0.480 e. The van der Waals surface area contributed by atoms with Gasteiger partial charge in [0.15, 0.2) is 0 Å². The van der Waals surface area contributed by atoms with Gasteiger partial charge in [0, 0.05) is 29.8 Å². The lowest BCUT2D eigenvalue weighted by Crippen LogP contribution is -2.46. The Morgan fingerprint density at radius 2 is 1.85 bits per heavy atom. The van der Waals surface area contributed by atoms with Crippen LogP contribution in [-0.4, -0.2) is 47.7 Å². The summed E-state index contributed by atoms with van der Waals surface area (Å²) in [4.78, 5) is 24.9. The summed E-state index contributed by atoms with van der Waals surface area (Å²) >= 11 is 5.79. The minimum atomic E-state index is -1.01. The standard InChI is InChI=1S/C14H16ClNO4/c15-11-3-1-10(2-4-11)14(19)16(9-13(17)18)12-5-7-20-8-6-12/h1-4,12H,5-9H2,(H,17,18). The van der Waals surface area contributed by atoms with Gasteiger partial charge < -0.3 is 14.7 Å². The zero-order valence-corrected chi connectivity index (χ0v) is 11.7. The summed E-state index contributed by atoms with van der Waals surface area (Å²) in [6.45, 7) is 0.801. The molecular formula is C14H16ClNO4. The molecule has 0 aromatic heterocycles. The van der Waals surface area contributed by atoms with Crippen LogP contribution in [0.3, 0.4) is 0 Å². The number of hydrogen-bond acceptors (Lipinski definition) is 3. The average Bonchev–Trinajstić information content (AvgIpc) is 2.45. The van der Waals surface area contributed by atoms with Gasteiger partial charge in [-0.1, -0.05) is 11.6 Å². The van der Waals surface area contributed by atoms with Gasteiger partial charge in [-0.05, 0) is 37.1 Å². The van der Waals surface area contributed by atoms with Gasteiger partial charge in [-0.25, -0.2) is 0 Å². The first kappa shape index (κ1) is 14.8. The van der Waals surface area contributed by atoms with Crippen LogP contribution in [0.1, 0.15) is 23.2 Å². The Morgan fingerprint density at radius 3 is 2.40 bits per heavy atom. The molecule has 1 aromatic rings. The van der Waals surface area contributed by atoms with E-state index in [1.165, 1.54) is 4.90 Å². The average molecular weight is 298 g/mol. The molecule has 0 radical (unpaired) electrons. The lowest BCUT2D eigenvalue weighted by Gasteiger charge is -2.33.